The van der Waals surface area contributed by atoms with Crippen LogP contribution in [0.5, 0.6) is 0 Å². The van der Waals surface area contributed by atoms with Crippen molar-refractivity contribution < 1.29 is 4.79 Å². The van der Waals surface area contributed by atoms with Gasteiger partial charge in [0.15, 0.2) is 0 Å². The van der Waals surface area contributed by atoms with E-state index in [4.69, 9.17) is 5.73 Å². The number of nitrogens with one attached hydrogen (secondary N) is 1. The minimum Gasteiger partial charge on any atom is -0.273 e. The summed E-state index contributed by atoms with van der Waals surface area (Å²) < 4.78 is 0. The first-order valence-electron chi connectivity index (χ1n) is 5.27. The molecule has 75 valence electrons. The molecular formula is C11H20NO. The molecule has 1 saturated carbocycles. The summed E-state index contributed by atoms with van der Waals surface area (Å²) in [6.07, 6.45) is 3.30. The molecule has 0 bridgehead atoms. The van der Waals surface area contributed by atoms with E-state index in [2.05, 4.69) is 20.8 Å². The largest absolute Gasteiger partial charge is 0.273 e. The zero-order valence-corrected chi connectivity index (χ0v) is 8.84. The molecule has 0 aromatic carbocycles. The fourth-order valence-electron chi connectivity index (χ4n) is 2.50. The van der Waals surface area contributed by atoms with Crippen molar-refractivity contribution in [3.63, 3.8) is 0 Å². The van der Waals surface area contributed by atoms with Crippen LogP contribution in [0.1, 0.15) is 40.0 Å². The summed E-state index contributed by atoms with van der Waals surface area (Å²) in [6, 6.07) is 0. The molecule has 1 fully saturated rings. The quantitative estimate of drug-likeness (QED) is 0.647. The van der Waals surface area contributed by atoms with E-state index in [0.717, 1.165) is 12.8 Å². The zero-order valence-electron chi connectivity index (χ0n) is 8.84. The lowest BCUT2D eigenvalue weighted by molar-refractivity contribution is -0.126. The van der Waals surface area contributed by atoms with Gasteiger partial charge in [0, 0.05) is 5.92 Å². The van der Waals surface area contributed by atoms with Crippen LogP contribution in [0.2, 0.25) is 0 Å². The molecule has 2 heteroatoms. The van der Waals surface area contributed by atoms with Crippen molar-refractivity contribution in [2.45, 2.75) is 40.0 Å². The van der Waals surface area contributed by atoms with Crippen molar-refractivity contribution in [2.75, 3.05) is 0 Å². The lowest BCUT2D eigenvalue weighted by Crippen LogP contribution is -2.33. The molecule has 1 radical (unpaired) electrons. The number of hydrogen-bond acceptors (Lipinski definition) is 1. The number of carbonyl (C=O) groups is 1. The molecular weight excluding hydrogens is 162 g/mol. The van der Waals surface area contributed by atoms with Crippen molar-refractivity contribution in [1.82, 2.24) is 5.73 Å². The smallest absolute Gasteiger partial charge is 0.241 e. The Balaban J connectivity index is 2.66. The van der Waals surface area contributed by atoms with E-state index >= 15 is 0 Å². The Morgan fingerprint density at radius 1 is 1.38 bits per heavy atom. The van der Waals surface area contributed by atoms with Gasteiger partial charge in [-0.25, -0.2) is 0 Å². The average molecular weight is 182 g/mol. The van der Waals surface area contributed by atoms with Crippen LogP contribution in [0.3, 0.4) is 0 Å². The second-order valence-corrected chi connectivity index (χ2v) is 4.80. The van der Waals surface area contributed by atoms with E-state index in [9.17, 15) is 4.79 Å². The van der Waals surface area contributed by atoms with Gasteiger partial charge >= 0.3 is 0 Å². The van der Waals surface area contributed by atoms with Crippen LogP contribution in [0.4, 0.5) is 0 Å². The molecule has 3 atom stereocenters. The van der Waals surface area contributed by atoms with Crippen LogP contribution in [-0.2, 0) is 4.79 Å². The Kier molecular flexibility index (Phi) is 3.34. The first-order valence-corrected chi connectivity index (χ1v) is 5.27. The van der Waals surface area contributed by atoms with Crippen molar-refractivity contribution >= 4 is 5.91 Å². The number of rotatable bonds is 2. The third-order valence-corrected chi connectivity index (χ3v) is 3.36. The lowest BCUT2D eigenvalue weighted by Gasteiger charge is -2.35. The van der Waals surface area contributed by atoms with Crippen LogP contribution in [0.25, 0.3) is 0 Å². The monoisotopic (exact) mass is 182 g/mol. The third-order valence-electron chi connectivity index (χ3n) is 3.36. The van der Waals surface area contributed by atoms with E-state index in [1.54, 1.807) is 0 Å². The molecule has 13 heavy (non-hydrogen) atoms. The summed E-state index contributed by atoms with van der Waals surface area (Å²) in [6.45, 7) is 6.51. The number of amides is 1. The molecule has 2 nitrogen and oxygen atoms in total. The maximum absolute atomic E-state index is 11.1. The highest BCUT2D eigenvalue weighted by molar-refractivity contribution is 5.76. The third kappa shape index (κ3) is 2.45. The molecule has 0 aromatic rings. The molecule has 1 amide bonds. The molecule has 0 spiro atoms. The predicted molar refractivity (Wildman–Crippen MR) is 52.9 cm³/mol. The van der Waals surface area contributed by atoms with Crippen molar-refractivity contribution in [3.05, 3.63) is 0 Å². The Morgan fingerprint density at radius 3 is 2.46 bits per heavy atom. The predicted octanol–water partition coefficient (Wildman–Crippen LogP) is 2.50. The molecule has 1 N–H and O–H groups in total. The number of carbonyl (C=O) groups excluding carboxylic acids is 1. The van der Waals surface area contributed by atoms with Crippen molar-refractivity contribution in [1.29, 1.82) is 0 Å². The highest BCUT2D eigenvalue weighted by atomic mass is 16.1. The second-order valence-electron chi connectivity index (χ2n) is 4.80. The summed E-state index contributed by atoms with van der Waals surface area (Å²) in [5.74, 6) is 1.32. The van der Waals surface area contributed by atoms with Crippen LogP contribution in [-0.4, -0.2) is 5.91 Å². The fraction of sp³-hybridized carbons (Fsp3) is 0.909. The highest BCUT2D eigenvalue weighted by Gasteiger charge is 2.34. The molecule has 0 heterocycles. The Bertz CT molecular complexity index is 189. The first kappa shape index (κ1) is 10.6. The van der Waals surface area contributed by atoms with Crippen LogP contribution in [0.15, 0.2) is 0 Å². The minimum absolute atomic E-state index is 0.0174. The Hall–Kier alpha value is -0.530. The summed E-state index contributed by atoms with van der Waals surface area (Å²) >= 11 is 0. The van der Waals surface area contributed by atoms with E-state index in [1.807, 2.05) is 0 Å². The van der Waals surface area contributed by atoms with Gasteiger partial charge in [0.25, 0.3) is 0 Å². The van der Waals surface area contributed by atoms with Crippen LogP contribution in [0, 0.1) is 23.7 Å². The van der Waals surface area contributed by atoms with Gasteiger partial charge in [0.2, 0.25) is 5.91 Å². The van der Waals surface area contributed by atoms with Gasteiger partial charge in [-0.2, -0.15) is 0 Å². The standard InChI is InChI=1S/C11H20NO/c1-7(2)9-5-4-8(3)6-10(9)11(12)13/h7-10,12H,4-6H2,1-3H3. The fourth-order valence-corrected chi connectivity index (χ4v) is 2.50. The van der Waals surface area contributed by atoms with Gasteiger partial charge in [0.1, 0.15) is 0 Å². The summed E-state index contributed by atoms with van der Waals surface area (Å²) in [5.41, 5.74) is 7.25. The van der Waals surface area contributed by atoms with Crippen LogP contribution < -0.4 is 5.73 Å². The van der Waals surface area contributed by atoms with E-state index in [1.165, 1.54) is 6.42 Å². The van der Waals surface area contributed by atoms with Crippen molar-refractivity contribution in [2.24, 2.45) is 23.7 Å². The SMILES string of the molecule is CC1CCC(C(C)C)C(C([NH])=O)C1. The van der Waals surface area contributed by atoms with Gasteiger partial charge in [-0.15, -0.1) is 0 Å². The van der Waals surface area contributed by atoms with E-state index in [-0.39, 0.29) is 11.8 Å². The van der Waals surface area contributed by atoms with Crippen molar-refractivity contribution in [3.8, 4) is 0 Å². The Morgan fingerprint density at radius 2 is 2.00 bits per heavy atom. The van der Waals surface area contributed by atoms with Gasteiger partial charge in [-0.05, 0) is 30.6 Å². The lowest BCUT2D eigenvalue weighted by atomic mass is 9.70. The zero-order chi connectivity index (χ0) is 10.0. The molecule has 1 aliphatic carbocycles. The maximum atomic E-state index is 11.1. The summed E-state index contributed by atoms with van der Waals surface area (Å²) in [5, 5.41) is 0. The first-order chi connectivity index (χ1) is 6.02. The van der Waals surface area contributed by atoms with Gasteiger partial charge in [-0.3, -0.25) is 10.5 Å². The molecule has 1 rings (SSSR count). The van der Waals surface area contributed by atoms with Gasteiger partial charge in [0.05, 0.1) is 0 Å². The van der Waals surface area contributed by atoms with E-state index in [0.29, 0.717) is 17.8 Å². The van der Waals surface area contributed by atoms with Crippen LogP contribution >= 0.6 is 0 Å². The average Bonchev–Trinajstić information content (AvgIpc) is 2.03. The Labute approximate surface area is 80.9 Å². The summed E-state index contributed by atoms with van der Waals surface area (Å²) in [7, 11) is 0. The summed E-state index contributed by atoms with van der Waals surface area (Å²) in [4.78, 5) is 11.1. The normalized spacial score (nSPS) is 34.9. The van der Waals surface area contributed by atoms with Gasteiger partial charge < -0.3 is 0 Å². The second kappa shape index (κ2) is 4.12. The molecule has 0 saturated heterocycles. The number of hydrogen-bond donors (Lipinski definition) is 0. The molecule has 0 aliphatic heterocycles. The topological polar surface area (TPSA) is 40.9 Å². The molecule has 3 unspecified atom stereocenters. The van der Waals surface area contributed by atoms with Gasteiger partial charge in [-0.1, -0.05) is 27.2 Å². The molecule has 1 aliphatic rings. The van der Waals surface area contributed by atoms with E-state index < -0.39 is 0 Å². The maximum Gasteiger partial charge on any atom is 0.241 e. The molecule has 0 aromatic heterocycles. The highest BCUT2D eigenvalue weighted by Crippen LogP contribution is 2.37. The minimum atomic E-state index is -0.342.